The van der Waals surface area contributed by atoms with E-state index < -0.39 is 0 Å². The molecule has 0 saturated carbocycles. The van der Waals surface area contributed by atoms with Gasteiger partial charge < -0.3 is 16.4 Å². The van der Waals surface area contributed by atoms with E-state index in [0.29, 0.717) is 22.5 Å². The lowest BCUT2D eigenvalue weighted by molar-refractivity contribution is 0.102. The first kappa shape index (κ1) is 17.8. The van der Waals surface area contributed by atoms with Crippen molar-refractivity contribution in [2.24, 2.45) is 0 Å². The Bertz CT molecular complexity index is 1040. The summed E-state index contributed by atoms with van der Waals surface area (Å²) in [5.74, 6) is -0.246. The van der Waals surface area contributed by atoms with E-state index in [2.05, 4.69) is 10.6 Å². The van der Waals surface area contributed by atoms with Crippen LogP contribution in [0.5, 0.6) is 0 Å². The molecule has 3 aromatic carbocycles. The fraction of sp³-hybridized carbons (Fsp3) is 0.130. The van der Waals surface area contributed by atoms with Crippen LogP contribution in [0.25, 0.3) is 0 Å². The average Bonchev–Trinajstić information content (AvgIpc) is 2.73. The molecule has 5 nitrogen and oxygen atoms in total. The van der Waals surface area contributed by atoms with Gasteiger partial charge in [-0.25, -0.2) is 0 Å². The number of carbonyl (C=O) groups is 2. The molecule has 0 aliphatic carbocycles. The predicted octanol–water partition coefficient (Wildman–Crippen LogP) is 4.11. The molecule has 3 aromatic rings. The van der Waals surface area contributed by atoms with Crippen molar-refractivity contribution in [1.82, 2.24) is 0 Å². The number of benzene rings is 3. The molecule has 4 N–H and O–H groups in total. The van der Waals surface area contributed by atoms with Gasteiger partial charge in [-0.15, -0.1) is 0 Å². The summed E-state index contributed by atoms with van der Waals surface area (Å²) in [7, 11) is 0. The van der Waals surface area contributed by atoms with Gasteiger partial charge in [-0.2, -0.15) is 0 Å². The fourth-order valence-corrected chi connectivity index (χ4v) is 3.47. The Balaban J connectivity index is 1.52. The van der Waals surface area contributed by atoms with Gasteiger partial charge in [0.15, 0.2) is 5.78 Å². The number of anilines is 3. The topological polar surface area (TPSA) is 84.2 Å². The molecular formula is C23H21N3O2. The number of rotatable bonds is 4. The number of amides is 1. The SMILES string of the molecule is Nc1cccc(C(=O)Nc2ccc(C(=O)c3cccc4c3CCCN4)cc2)c1. The van der Waals surface area contributed by atoms with E-state index >= 15 is 0 Å². The minimum atomic E-state index is -0.241. The Morgan fingerprint density at radius 3 is 2.50 bits per heavy atom. The lowest BCUT2D eigenvalue weighted by atomic mass is 9.92. The molecule has 0 fully saturated rings. The van der Waals surface area contributed by atoms with Crippen LogP contribution in [0.15, 0.2) is 66.7 Å². The van der Waals surface area contributed by atoms with Crippen molar-refractivity contribution < 1.29 is 9.59 Å². The maximum absolute atomic E-state index is 13.0. The molecule has 140 valence electrons. The van der Waals surface area contributed by atoms with Gasteiger partial charge in [-0.05, 0) is 66.9 Å². The van der Waals surface area contributed by atoms with Crippen molar-refractivity contribution in [2.75, 3.05) is 22.9 Å². The number of nitrogen functional groups attached to an aromatic ring is 1. The summed E-state index contributed by atoms with van der Waals surface area (Å²) in [6, 6.07) is 19.6. The summed E-state index contributed by atoms with van der Waals surface area (Å²) in [6.07, 6.45) is 1.92. The standard InChI is InChI=1S/C23H21N3O2/c24-17-5-1-4-16(14-17)23(28)26-18-11-9-15(10-12-18)22(27)20-6-2-8-21-19(20)7-3-13-25-21/h1-2,4-6,8-12,14,25H,3,7,13,24H2,(H,26,28). The number of nitrogens with one attached hydrogen (secondary N) is 2. The van der Waals surface area contributed by atoms with Crippen LogP contribution in [0.4, 0.5) is 17.1 Å². The van der Waals surface area contributed by atoms with Gasteiger partial charge in [0, 0.05) is 40.3 Å². The lowest BCUT2D eigenvalue weighted by Gasteiger charge is -2.20. The van der Waals surface area contributed by atoms with Crippen molar-refractivity contribution in [3.05, 3.63) is 89.0 Å². The van der Waals surface area contributed by atoms with Crippen LogP contribution in [0.1, 0.15) is 38.3 Å². The predicted molar refractivity (Wildman–Crippen MR) is 112 cm³/mol. The van der Waals surface area contributed by atoms with Crippen LogP contribution >= 0.6 is 0 Å². The Labute approximate surface area is 163 Å². The summed E-state index contributed by atoms with van der Waals surface area (Å²) in [4.78, 5) is 25.3. The van der Waals surface area contributed by atoms with E-state index in [9.17, 15) is 9.59 Å². The third-order valence-electron chi connectivity index (χ3n) is 4.89. The minimum Gasteiger partial charge on any atom is -0.399 e. The van der Waals surface area contributed by atoms with Crippen LogP contribution < -0.4 is 16.4 Å². The number of carbonyl (C=O) groups excluding carboxylic acids is 2. The minimum absolute atomic E-state index is 0.00532. The molecule has 0 saturated heterocycles. The highest BCUT2D eigenvalue weighted by atomic mass is 16.1. The van der Waals surface area contributed by atoms with Crippen molar-refractivity contribution in [1.29, 1.82) is 0 Å². The van der Waals surface area contributed by atoms with E-state index in [0.717, 1.165) is 36.2 Å². The van der Waals surface area contributed by atoms with Gasteiger partial charge >= 0.3 is 0 Å². The molecule has 0 unspecified atom stereocenters. The molecule has 4 rings (SSSR count). The normalized spacial score (nSPS) is 12.6. The number of fused-ring (bicyclic) bond motifs is 1. The largest absolute Gasteiger partial charge is 0.399 e. The van der Waals surface area contributed by atoms with Gasteiger partial charge in [0.05, 0.1) is 0 Å². The maximum atomic E-state index is 13.0. The number of ketones is 1. The van der Waals surface area contributed by atoms with Crippen molar-refractivity contribution in [2.45, 2.75) is 12.8 Å². The Hall–Kier alpha value is -3.60. The molecule has 0 atom stereocenters. The van der Waals surface area contributed by atoms with E-state index in [1.807, 2.05) is 18.2 Å². The van der Waals surface area contributed by atoms with E-state index in [1.54, 1.807) is 48.5 Å². The van der Waals surface area contributed by atoms with Gasteiger partial charge in [0.25, 0.3) is 5.91 Å². The molecule has 1 aliphatic rings. The highest BCUT2D eigenvalue weighted by molar-refractivity contribution is 6.11. The Morgan fingerprint density at radius 2 is 1.71 bits per heavy atom. The fourth-order valence-electron chi connectivity index (χ4n) is 3.47. The quantitative estimate of drug-likeness (QED) is 0.476. The molecular weight excluding hydrogens is 350 g/mol. The van der Waals surface area contributed by atoms with Crippen molar-refractivity contribution in [3.63, 3.8) is 0 Å². The van der Waals surface area contributed by atoms with Crippen LogP contribution in [-0.2, 0) is 6.42 Å². The van der Waals surface area contributed by atoms with Gasteiger partial charge in [-0.3, -0.25) is 9.59 Å². The second-order valence-corrected chi connectivity index (χ2v) is 6.85. The number of hydrogen-bond donors (Lipinski definition) is 3. The Morgan fingerprint density at radius 1 is 0.929 bits per heavy atom. The first-order valence-electron chi connectivity index (χ1n) is 9.29. The molecule has 0 spiro atoms. The highest BCUT2D eigenvalue weighted by Crippen LogP contribution is 2.27. The summed E-state index contributed by atoms with van der Waals surface area (Å²) in [6.45, 7) is 0.937. The number of hydrogen-bond acceptors (Lipinski definition) is 4. The Kier molecular flexibility index (Phi) is 4.81. The summed E-state index contributed by atoms with van der Waals surface area (Å²) < 4.78 is 0. The zero-order chi connectivity index (χ0) is 19.5. The summed E-state index contributed by atoms with van der Waals surface area (Å²) in [5, 5.41) is 6.18. The third-order valence-corrected chi connectivity index (χ3v) is 4.89. The smallest absolute Gasteiger partial charge is 0.255 e. The van der Waals surface area contributed by atoms with E-state index in [4.69, 9.17) is 5.73 Å². The van der Waals surface area contributed by atoms with Crippen LogP contribution in [0.2, 0.25) is 0 Å². The van der Waals surface area contributed by atoms with Crippen molar-refractivity contribution in [3.8, 4) is 0 Å². The summed E-state index contributed by atoms with van der Waals surface area (Å²) >= 11 is 0. The van der Waals surface area contributed by atoms with Gasteiger partial charge in [0.2, 0.25) is 0 Å². The van der Waals surface area contributed by atoms with Crippen LogP contribution in [0, 0.1) is 0 Å². The molecule has 1 aliphatic heterocycles. The summed E-state index contributed by atoms with van der Waals surface area (Å²) in [5.41, 5.74) is 10.8. The maximum Gasteiger partial charge on any atom is 0.255 e. The molecule has 28 heavy (non-hydrogen) atoms. The molecule has 0 bridgehead atoms. The first-order valence-corrected chi connectivity index (χ1v) is 9.29. The zero-order valence-electron chi connectivity index (χ0n) is 15.4. The van der Waals surface area contributed by atoms with E-state index in [1.165, 1.54) is 0 Å². The van der Waals surface area contributed by atoms with E-state index in [-0.39, 0.29) is 11.7 Å². The molecule has 5 heteroatoms. The monoisotopic (exact) mass is 371 g/mol. The molecule has 1 heterocycles. The molecule has 0 radical (unpaired) electrons. The van der Waals surface area contributed by atoms with Crippen molar-refractivity contribution >= 4 is 28.8 Å². The number of nitrogens with two attached hydrogens (primary N) is 1. The highest BCUT2D eigenvalue weighted by Gasteiger charge is 2.18. The zero-order valence-corrected chi connectivity index (χ0v) is 15.4. The second kappa shape index (κ2) is 7.56. The van der Waals surface area contributed by atoms with Crippen LogP contribution in [0.3, 0.4) is 0 Å². The second-order valence-electron chi connectivity index (χ2n) is 6.85. The third kappa shape index (κ3) is 3.60. The average molecular weight is 371 g/mol. The van der Waals surface area contributed by atoms with Crippen LogP contribution in [-0.4, -0.2) is 18.2 Å². The molecule has 0 aromatic heterocycles. The van der Waals surface area contributed by atoms with Gasteiger partial charge in [0.1, 0.15) is 0 Å². The first-order chi connectivity index (χ1) is 13.6. The lowest BCUT2D eigenvalue weighted by Crippen LogP contribution is -2.16. The molecule has 1 amide bonds. The van der Waals surface area contributed by atoms with Gasteiger partial charge in [-0.1, -0.05) is 18.2 Å².